The molecule has 0 aliphatic heterocycles. The van der Waals surface area contributed by atoms with Crippen LogP contribution in [-0.2, 0) is 17.0 Å². The molecule has 1 unspecified atom stereocenters. The second kappa shape index (κ2) is 8.53. The lowest BCUT2D eigenvalue weighted by Gasteiger charge is -2.45. The first-order valence-electron chi connectivity index (χ1n) is 12.1. The first-order valence-corrected chi connectivity index (χ1v) is 16.1. The summed E-state index contributed by atoms with van der Waals surface area (Å²) in [5.74, 6) is -0.352. The molecule has 0 fully saturated rings. The molecule has 3 nitrogen and oxygen atoms in total. The van der Waals surface area contributed by atoms with Gasteiger partial charge in [0.05, 0.1) is 17.4 Å². The number of hydrogen-bond donors (Lipinski definition) is 1. The van der Waals surface area contributed by atoms with Crippen LogP contribution in [0, 0.1) is 8.99 Å². The highest BCUT2D eigenvalue weighted by molar-refractivity contribution is 14.1. The fourth-order valence-electron chi connectivity index (χ4n) is 5.14. The van der Waals surface area contributed by atoms with Gasteiger partial charge in [-0.05, 0) is 82.2 Å². The molecule has 2 aromatic rings. The summed E-state index contributed by atoms with van der Waals surface area (Å²) in [6.07, 6.45) is -3.96. The maximum atomic E-state index is 13.4. The number of halogens is 4. The van der Waals surface area contributed by atoms with Crippen LogP contribution in [-0.4, -0.2) is 18.4 Å². The summed E-state index contributed by atoms with van der Waals surface area (Å²) in [5, 5.41) is 11.4. The lowest BCUT2D eigenvalue weighted by atomic mass is 9.72. The Kier molecular flexibility index (Phi) is 6.60. The lowest BCUT2D eigenvalue weighted by Crippen LogP contribution is -2.44. The molecule has 0 bridgehead atoms. The Hall–Kier alpha value is -0.973. The SMILES string of the molecule is CC1c2cc(C(F)(F)F)ccc2[C@@H](O)c2c1nc1c(c2I)[C@@H](O[Si](C)(C)C(C)(C)C)CC(C)(C)C1. The van der Waals surface area contributed by atoms with Crippen molar-refractivity contribution in [2.24, 2.45) is 5.41 Å². The molecule has 1 heterocycles. The molecule has 0 amide bonds. The number of fused-ring (bicyclic) bond motifs is 3. The Morgan fingerprint density at radius 2 is 1.74 bits per heavy atom. The number of alkyl halides is 3. The number of aliphatic hydroxyl groups excluding tert-OH is 1. The highest BCUT2D eigenvalue weighted by Gasteiger charge is 2.45. The van der Waals surface area contributed by atoms with Crippen LogP contribution in [0.3, 0.4) is 0 Å². The zero-order valence-electron chi connectivity index (χ0n) is 21.7. The van der Waals surface area contributed by atoms with Gasteiger partial charge in [0.15, 0.2) is 8.32 Å². The smallest absolute Gasteiger partial charge is 0.410 e. The van der Waals surface area contributed by atoms with E-state index in [1.54, 1.807) is 0 Å². The molecule has 2 aliphatic carbocycles. The van der Waals surface area contributed by atoms with Crippen molar-refractivity contribution in [1.82, 2.24) is 4.98 Å². The lowest BCUT2D eigenvalue weighted by molar-refractivity contribution is -0.137. The highest BCUT2D eigenvalue weighted by atomic mass is 127. The molecule has 2 aliphatic rings. The van der Waals surface area contributed by atoms with Gasteiger partial charge in [0.1, 0.15) is 6.10 Å². The predicted octanol–water partition coefficient (Wildman–Crippen LogP) is 8.29. The number of hydrogen-bond acceptors (Lipinski definition) is 3. The van der Waals surface area contributed by atoms with Crippen LogP contribution in [0.2, 0.25) is 18.1 Å². The summed E-state index contributed by atoms with van der Waals surface area (Å²) in [7, 11) is -2.09. The zero-order chi connectivity index (χ0) is 26.3. The van der Waals surface area contributed by atoms with E-state index in [1.807, 2.05) is 6.92 Å². The van der Waals surface area contributed by atoms with Crippen molar-refractivity contribution in [3.8, 4) is 0 Å². The molecule has 8 heteroatoms. The number of pyridine rings is 1. The Morgan fingerprint density at radius 3 is 2.31 bits per heavy atom. The molecular weight excluding hydrogens is 582 g/mol. The Morgan fingerprint density at radius 1 is 1.11 bits per heavy atom. The van der Waals surface area contributed by atoms with Crippen LogP contribution in [0.4, 0.5) is 13.2 Å². The second-order valence-electron chi connectivity index (χ2n) is 12.5. The minimum absolute atomic E-state index is 0.0256. The van der Waals surface area contributed by atoms with Gasteiger partial charge in [0.2, 0.25) is 0 Å². The quantitative estimate of drug-likeness (QED) is 0.273. The number of benzene rings is 1. The number of nitrogens with zero attached hydrogens (tertiary/aromatic N) is 1. The fraction of sp³-hybridized carbons (Fsp3) is 0.593. The molecular formula is C27H35F3INO2Si. The third-order valence-corrected chi connectivity index (χ3v) is 13.8. The average Bonchev–Trinajstić information content (AvgIpc) is 2.68. The van der Waals surface area contributed by atoms with Crippen LogP contribution in [0.5, 0.6) is 0 Å². The molecule has 0 spiro atoms. The zero-order valence-corrected chi connectivity index (χ0v) is 24.9. The maximum absolute atomic E-state index is 13.4. The average molecular weight is 618 g/mol. The van der Waals surface area contributed by atoms with Crippen LogP contribution in [0.1, 0.15) is 105 Å². The molecule has 0 radical (unpaired) electrons. The molecule has 192 valence electrons. The molecule has 35 heavy (non-hydrogen) atoms. The Balaban J connectivity index is 1.88. The molecule has 1 N–H and O–H groups in total. The standard InChI is InChI=1S/C27H35F3INO2Si/c1-14-17-11-15(27(28,29)30)9-10-16(17)24(33)21-22(31)20-18(32-23(14)21)12-26(5,6)13-19(20)34-35(7,8)25(2,3)4/h9-11,14,19,24,33H,12-13H2,1-8H3/t14?,19-,24+/m0/s1. The van der Waals surface area contributed by atoms with Gasteiger partial charge in [-0.15, -0.1) is 0 Å². The van der Waals surface area contributed by atoms with Crippen LogP contribution >= 0.6 is 22.6 Å². The van der Waals surface area contributed by atoms with E-state index >= 15 is 0 Å². The molecule has 0 saturated carbocycles. The molecule has 0 saturated heterocycles. The number of aliphatic hydroxyl groups is 1. The normalized spacial score (nSPS) is 24.0. The van der Waals surface area contributed by atoms with Crippen molar-refractivity contribution in [3.63, 3.8) is 0 Å². The van der Waals surface area contributed by atoms with Gasteiger partial charge in [-0.2, -0.15) is 13.2 Å². The van der Waals surface area contributed by atoms with Crippen molar-refractivity contribution >= 4 is 30.9 Å². The Bertz CT molecular complexity index is 1170. The largest absolute Gasteiger partial charge is 0.416 e. The van der Waals surface area contributed by atoms with E-state index in [1.165, 1.54) is 12.1 Å². The van der Waals surface area contributed by atoms with E-state index in [2.05, 4.69) is 70.3 Å². The van der Waals surface area contributed by atoms with Gasteiger partial charge in [-0.1, -0.05) is 47.6 Å². The topological polar surface area (TPSA) is 42.4 Å². The minimum Gasteiger partial charge on any atom is -0.410 e. The minimum atomic E-state index is -4.43. The van der Waals surface area contributed by atoms with Crippen molar-refractivity contribution in [1.29, 1.82) is 0 Å². The van der Waals surface area contributed by atoms with Gasteiger partial charge in [0, 0.05) is 26.3 Å². The summed E-state index contributed by atoms with van der Waals surface area (Å²) in [6.45, 7) is 17.5. The van der Waals surface area contributed by atoms with E-state index in [0.29, 0.717) is 22.4 Å². The van der Waals surface area contributed by atoms with Gasteiger partial charge in [-0.25, -0.2) is 0 Å². The molecule has 3 atom stereocenters. The van der Waals surface area contributed by atoms with Crippen LogP contribution < -0.4 is 0 Å². The van der Waals surface area contributed by atoms with E-state index < -0.39 is 26.2 Å². The predicted molar refractivity (Wildman–Crippen MR) is 143 cm³/mol. The van der Waals surface area contributed by atoms with Gasteiger partial charge < -0.3 is 9.53 Å². The summed E-state index contributed by atoms with van der Waals surface area (Å²) in [6, 6.07) is 3.66. The molecule has 1 aromatic carbocycles. The third kappa shape index (κ3) is 4.73. The van der Waals surface area contributed by atoms with Gasteiger partial charge in [0.25, 0.3) is 0 Å². The molecule has 4 rings (SSSR count). The second-order valence-corrected chi connectivity index (χ2v) is 18.3. The van der Waals surface area contributed by atoms with E-state index in [-0.39, 0.29) is 22.5 Å². The van der Waals surface area contributed by atoms with Crippen molar-refractivity contribution in [3.05, 3.63) is 61.0 Å². The molecule has 1 aromatic heterocycles. The van der Waals surface area contributed by atoms with E-state index in [0.717, 1.165) is 33.7 Å². The number of rotatable bonds is 2. The summed E-state index contributed by atoms with van der Waals surface area (Å²) in [5.41, 5.74) is 3.68. The van der Waals surface area contributed by atoms with Crippen LogP contribution in [0.15, 0.2) is 18.2 Å². The van der Waals surface area contributed by atoms with Crippen molar-refractivity contribution < 1.29 is 22.7 Å². The third-order valence-electron chi connectivity index (χ3n) is 8.12. The van der Waals surface area contributed by atoms with E-state index in [4.69, 9.17) is 9.41 Å². The van der Waals surface area contributed by atoms with Gasteiger partial charge in [-0.3, -0.25) is 4.98 Å². The van der Waals surface area contributed by atoms with Crippen molar-refractivity contribution in [2.45, 2.75) is 96.8 Å². The summed E-state index contributed by atoms with van der Waals surface area (Å²) in [4.78, 5) is 5.06. The first-order chi connectivity index (χ1) is 15.8. The summed E-state index contributed by atoms with van der Waals surface area (Å²) < 4.78 is 48.2. The van der Waals surface area contributed by atoms with Gasteiger partial charge >= 0.3 is 6.18 Å². The maximum Gasteiger partial charge on any atom is 0.416 e. The van der Waals surface area contributed by atoms with Crippen LogP contribution in [0.25, 0.3) is 0 Å². The number of aromatic nitrogens is 1. The highest BCUT2D eigenvalue weighted by Crippen LogP contribution is 2.52. The van der Waals surface area contributed by atoms with E-state index in [9.17, 15) is 18.3 Å². The monoisotopic (exact) mass is 617 g/mol. The van der Waals surface area contributed by atoms with Crippen molar-refractivity contribution in [2.75, 3.05) is 0 Å². The summed E-state index contributed by atoms with van der Waals surface area (Å²) >= 11 is 2.31. The first kappa shape index (κ1) is 27.1. The fourth-order valence-corrected chi connectivity index (χ4v) is 7.64. The Labute approximate surface area is 221 Å².